The second kappa shape index (κ2) is 11.5. The molecule has 0 radical (unpaired) electrons. The highest BCUT2D eigenvalue weighted by atomic mass is 19.4. The number of fused-ring (bicyclic) bond motifs is 1. The molecule has 2 aromatic rings. The van der Waals surface area contributed by atoms with Crippen LogP contribution in [0, 0.1) is 22.6 Å². The van der Waals surface area contributed by atoms with Gasteiger partial charge in [-0.3, -0.25) is 4.79 Å². The van der Waals surface area contributed by atoms with E-state index >= 15 is 0 Å². The molecule has 0 amide bonds. The fourth-order valence-corrected chi connectivity index (χ4v) is 5.85. The van der Waals surface area contributed by atoms with Crippen LogP contribution in [0.3, 0.4) is 0 Å². The third-order valence-corrected chi connectivity index (χ3v) is 7.65. The highest BCUT2D eigenvalue weighted by Gasteiger charge is 2.42. The molecule has 210 valence electrons. The third-order valence-electron chi connectivity index (χ3n) is 7.65. The minimum absolute atomic E-state index is 0.00565. The van der Waals surface area contributed by atoms with Crippen molar-refractivity contribution in [1.82, 2.24) is 4.90 Å². The van der Waals surface area contributed by atoms with Crippen molar-refractivity contribution in [3.63, 3.8) is 0 Å². The Labute approximate surface area is 220 Å². The number of hydrogen-bond donors (Lipinski definition) is 0. The van der Waals surface area contributed by atoms with Gasteiger partial charge in [0, 0.05) is 31.3 Å². The molecule has 5 rings (SSSR count). The zero-order valence-corrected chi connectivity index (χ0v) is 20.9. The first kappa shape index (κ1) is 28.8. The van der Waals surface area contributed by atoms with Crippen LogP contribution in [0.1, 0.15) is 60.3 Å². The van der Waals surface area contributed by atoms with E-state index < -0.39 is 35.6 Å². The fraction of sp³-hybridized carbons (Fsp3) is 0.464. The Balaban J connectivity index is 0.000000188. The van der Waals surface area contributed by atoms with Gasteiger partial charge in [0.25, 0.3) is 0 Å². The van der Waals surface area contributed by atoms with Gasteiger partial charge in [0.1, 0.15) is 12.4 Å². The van der Waals surface area contributed by atoms with Gasteiger partial charge < -0.3 is 4.90 Å². The molecule has 0 spiro atoms. The average molecular weight is 557 g/mol. The van der Waals surface area contributed by atoms with Crippen LogP contribution < -0.4 is 0 Å². The summed E-state index contributed by atoms with van der Waals surface area (Å²) >= 11 is 0. The van der Waals surface area contributed by atoms with Crippen LogP contribution >= 0.6 is 0 Å². The first-order chi connectivity index (χ1) is 18.3. The second-order valence-electron chi connectivity index (χ2n) is 10.2. The molecule has 0 N–H and O–H groups in total. The lowest BCUT2D eigenvalue weighted by molar-refractivity contribution is -0.143. The highest BCUT2D eigenvalue weighted by Crippen LogP contribution is 2.46. The van der Waals surface area contributed by atoms with Gasteiger partial charge in [-0.1, -0.05) is 23.7 Å². The van der Waals surface area contributed by atoms with Gasteiger partial charge in [0.2, 0.25) is 0 Å². The number of likely N-dealkylation sites (tertiary alicyclic amines) is 1. The Morgan fingerprint density at radius 1 is 0.872 bits per heavy atom. The topological polar surface area (TPSA) is 49.7 Å². The molecule has 1 heterocycles. The van der Waals surface area contributed by atoms with Crippen molar-refractivity contribution in [3.05, 3.63) is 87.2 Å². The number of rotatable bonds is 4. The number of carbonyl (C=O) groups excluding carboxylic acids is 1. The molecular formula is C28H27F7N2O2. The standard InChI is InChI=1S/C19H22FNO.C9H5F6NO/c20-15-6-4-13(5-7-15)18-3-1-2-14-11-21(12-19(14)18)16-8-9-17(22)10-16;10-8(11,12)6-1-5(4-16-17)2-7(3-6)9(13,14)15/h4-7,10,14,18-19H,1-3,8-9,11-12H2;1-3H,4H2/t14-,18-,19+;/m0./s1. The Morgan fingerprint density at radius 2 is 1.51 bits per heavy atom. The molecule has 0 bridgehead atoms. The summed E-state index contributed by atoms with van der Waals surface area (Å²) in [6.07, 6.45) is -2.60. The van der Waals surface area contributed by atoms with Crippen LogP contribution in [0.25, 0.3) is 0 Å². The summed E-state index contributed by atoms with van der Waals surface area (Å²) in [6, 6.07) is 8.03. The number of alkyl halides is 6. The molecule has 39 heavy (non-hydrogen) atoms. The lowest BCUT2D eigenvalue weighted by Crippen LogP contribution is -2.25. The average Bonchev–Trinajstić information content (AvgIpc) is 3.50. The van der Waals surface area contributed by atoms with Crippen LogP contribution in [0.15, 0.2) is 59.4 Å². The van der Waals surface area contributed by atoms with Gasteiger partial charge in [-0.15, -0.1) is 0 Å². The number of carbonyl (C=O) groups is 1. The third kappa shape index (κ3) is 7.05. The molecule has 0 aromatic heterocycles. The predicted octanol–water partition coefficient (Wildman–Crippen LogP) is 7.88. The quantitative estimate of drug-likeness (QED) is 0.284. The molecule has 1 saturated heterocycles. The summed E-state index contributed by atoms with van der Waals surface area (Å²) in [7, 11) is 0. The SMILES string of the molecule is O=C1C=C(N2C[C@@H]3CCC[C@@H](c4ccc(F)cc4)[C@@H]3C2)CC1.O=NCc1cc(C(F)(F)F)cc(C(F)(F)F)c1. The van der Waals surface area contributed by atoms with Gasteiger partial charge in [-0.25, -0.2) is 4.39 Å². The minimum Gasteiger partial charge on any atom is -0.374 e. The van der Waals surface area contributed by atoms with Gasteiger partial charge in [-0.2, -0.15) is 31.2 Å². The van der Waals surface area contributed by atoms with Crippen molar-refractivity contribution in [2.75, 3.05) is 13.1 Å². The molecule has 11 heteroatoms. The van der Waals surface area contributed by atoms with E-state index in [1.165, 1.54) is 30.5 Å². The van der Waals surface area contributed by atoms with Crippen molar-refractivity contribution in [2.24, 2.45) is 17.0 Å². The maximum Gasteiger partial charge on any atom is 0.416 e. The van der Waals surface area contributed by atoms with Crippen LogP contribution in [-0.4, -0.2) is 23.8 Å². The molecule has 2 aliphatic carbocycles. The molecule has 4 nitrogen and oxygen atoms in total. The second-order valence-corrected chi connectivity index (χ2v) is 10.2. The maximum absolute atomic E-state index is 13.2. The largest absolute Gasteiger partial charge is 0.416 e. The van der Waals surface area contributed by atoms with Crippen molar-refractivity contribution >= 4 is 5.78 Å². The Hall–Kier alpha value is -3.24. The summed E-state index contributed by atoms with van der Waals surface area (Å²) < 4.78 is 87.0. The molecular weight excluding hydrogens is 529 g/mol. The van der Waals surface area contributed by atoms with Crippen molar-refractivity contribution in [2.45, 2.75) is 56.9 Å². The minimum atomic E-state index is -4.90. The van der Waals surface area contributed by atoms with Crippen molar-refractivity contribution in [1.29, 1.82) is 0 Å². The van der Waals surface area contributed by atoms with Gasteiger partial charge in [0.15, 0.2) is 5.78 Å². The number of nitroso groups, excluding NO2 is 1. The molecule has 1 saturated carbocycles. The van der Waals surface area contributed by atoms with Crippen molar-refractivity contribution < 1.29 is 35.5 Å². The summed E-state index contributed by atoms with van der Waals surface area (Å²) in [5.74, 6) is 2.04. The Morgan fingerprint density at radius 3 is 2.05 bits per heavy atom. The lowest BCUT2D eigenvalue weighted by atomic mass is 9.71. The molecule has 3 atom stereocenters. The van der Waals surface area contributed by atoms with Crippen LogP contribution in [-0.2, 0) is 23.7 Å². The maximum atomic E-state index is 13.2. The summed E-state index contributed by atoms with van der Waals surface area (Å²) in [6.45, 7) is 1.42. The molecule has 2 fully saturated rings. The van der Waals surface area contributed by atoms with E-state index in [2.05, 4.69) is 10.1 Å². The lowest BCUT2D eigenvalue weighted by Gasteiger charge is -2.33. The van der Waals surface area contributed by atoms with E-state index in [1.807, 2.05) is 18.2 Å². The zero-order valence-electron chi connectivity index (χ0n) is 20.9. The summed E-state index contributed by atoms with van der Waals surface area (Å²) in [5, 5.41) is 2.27. The smallest absolute Gasteiger partial charge is 0.374 e. The highest BCUT2D eigenvalue weighted by molar-refractivity contribution is 5.92. The first-order valence-corrected chi connectivity index (χ1v) is 12.7. The fourth-order valence-electron chi connectivity index (χ4n) is 5.85. The van der Waals surface area contributed by atoms with E-state index in [4.69, 9.17) is 0 Å². The molecule has 2 aromatic carbocycles. The van der Waals surface area contributed by atoms with Crippen LogP contribution in [0.5, 0.6) is 0 Å². The van der Waals surface area contributed by atoms with E-state index in [1.54, 1.807) is 12.1 Å². The molecule has 3 aliphatic rings. The molecule has 0 unspecified atom stereocenters. The number of halogens is 7. The zero-order chi connectivity index (χ0) is 28.4. The van der Waals surface area contributed by atoms with Crippen LogP contribution in [0.4, 0.5) is 30.7 Å². The number of hydrogen-bond acceptors (Lipinski definition) is 4. The van der Waals surface area contributed by atoms with E-state index in [9.17, 15) is 40.4 Å². The normalized spacial score (nSPS) is 23.2. The van der Waals surface area contributed by atoms with E-state index in [0.29, 0.717) is 30.4 Å². The van der Waals surface area contributed by atoms with Crippen molar-refractivity contribution in [3.8, 4) is 0 Å². The first-order valence-electron chi connectivity index (χ1n) is 12.7. The van der Waals surface area contributed by atoms with Gasteiger partial charge >= 0.3 is 12.4 Å². The monoisotopic (exact) mass is 556 g/mol. The van der Waals surface area contributed by atoms with E-state index in [0.717, 1.165) is 25.4 Å². The Kier molecular flexibility index (Phi) is 8.46. The summed E-state index contributed by atoms with van der Waals surface area (Å²) in [4.78, 5) is 23.8. The van der Waals surface area contributed by atoms with E-state index in [-0.39, 0.29) is 17.7 Å². The van der Waals surface area contributed by atoms with Gasteiger partial charge in [-0.05, 0) is 78.5 Å². The number of nitrogens with zero attached hydrogens (tertiary/aromatic N) is 2. The molecule has 1 aliphatic heterocycles. The Bertz CT molecular complexity index is 1190. The number of ketones is 1. The number of allylic oxidation sites excluding steroid dienone is 2. The number of benzene rings is 2. The van der Waals surface area contributed by atoms with Crippen LogP contribution in [0.2, 0.25) is 0 Å². The summed E-state index contributed by atoms with van der Waals surface area (Å²) in [5.41, 5.74) is -0.800. The van der Waals surface area contributed by atoms with Gasteiger partial charge in [0.05, 0.1) is 11.1 Å². The predicted molar refractivity (Wildman–Crippen MR) is 130 cm³/mol.